The molecule has 1 N–H and O–H groups in total. The van der Waals surface area contributed by atoms with Gasteiger partial charge in [0.2, 0.25) is 0 Å². The van der Waals surface area contributed by atoms with E-state index in [1.807, 2.05) is 47.6 Å². The van der Waals surface area contributed by atoms with Crippen LogP contribution in [0.1, 0.15) is 93.5 Å². The molecule has 2 aromatic rings. The van der Waals surface area contributed by atoms with Crippen molar-refractivity contribution in [2.45, 2.75) is 79.9 Å². The third kappa shape index (κ3) is 5.36. The minimum absolute atomic E-state index is 0.0672. The normalized spacial score (nSPS) is 14.1. The molecule has 1 aliphatic rings. The molecule has 1 aliphatic heterocycles. The first kappa shape index (κ1) is 27.5. The molecule has 0 saturated carbocycles. The molecule has 0 amide bonds. The molecule has 7 nitrogen and oxygen atoms in total. The third-order valence-corrected chi connectivity index (χ3v) is 7.12. The fraction of sp³-hybridized carbons (Fsp3) is 0.517. The molecule has 3 rings (SSSR count). The van der Waals surface area contributed by atoms with Crippen LogP contribution in [0.4, 0.5) is 0 Å². The van der Waals surface area contributed by atoms with Crippen molar-refractivity contribution in [1.82, 2.24) is 0 Å². The molecule has 7 heteroatoms. The summed E-state index contributed by atoms with van der Waals surface area (Å²) >= 11 is 0. The zero-order valence-electron chi connectivity index (χ0n) is 22.4. The van der Waals surface area contributed by atoms with Gasteiger partial charge in [-0.2, -0.15) is 0 Å². The molecule has 0 saturated heterocycles. The van der Waals surface area contributed by atoms with Gasteiger partial charge in [0.15, 0.2) is 11.5 Å². The predicted molar refractivity (Wildman–Crippen MR) is 137 cm³/mol. The SMILES string of the molecule is CCC(CC)(CC)C(=O)Oc1cc(C)cc2c1Oc1ccc([C@@H](O)CC(C)C)c(OC)c1C(=O)OC2. The lowest BCUT2D eigenvalue weighted by Gasteiger charge is -2.29. The Morgan fingerprint density at radius 1 is 1.14 bits per heavy atom. The van der Waals surface area contributed by atoms with E-state index in [9.17, 15) is 14.7 Å². The van der Waals surface area contributed by atoms with Gasteiger partial charge in [-0.3, -0.25) is 4.79 Å². The van der Waals surface area contributed by atoms with E-state index in [-0.39, 0.29) is 41.3 Å². The molecular weight excluding hydrogens is 460 g/mol. The molecule has 2 aromatic carbocycles. The minimum Gasteiger partial charge on any atom is -0.495 e. The number of aryl methyl sites for hydroxylation is 1. The molecule has 0 bridgehead atoms. The average molecular weight is 499 g/mol. The highest BCUT2D eigenvalue weighted by Crippen LogP contribution is 2.45. The molecule has 0 fully saturated rings. The third-order valence-electron chi connectivity index (χ3n) is 7.12. The van der Waals surface area contributed by atoms with Crippen LogP contribution < -0.4 is 14.2 Å². The van der Waals surface area contributed by atoms with Crippen molar-refractivity contribution in [3.63, 3.8) is 0 Å². The van der Waals surface area contributed by atoms with Crippen LogP contribution in [-0.2, 0) is 16.1 Å². The van der Waals surface area contributed by atoms with Gasteiger partial charge < -0.3 is 24.1 Å². The van der Waals surface area contributed by atoms with Crippen LogP contribution in [-0.4, -0.2) is 24.2 Å². The summed E-state index contributed by atoms with van der Waals surface area (Å²) in [5.41, 5.74) is 1.42. The standard InChI is InChI=1S/C29H38O7/c1-8-29(9-2,10-3)28(32)36-23-15-18(6)14-19-16-34-27(31)24-22(35-25(19)23)12-11-20(26(24)33-7)21(30)13-17(4)5/h11-12,14-15,17,21,30H,8-10,13,16H2,1-7H3/t21-/m0/s1. The van der Waals surface area contributed by atoms with Crippen LogP contribution in [0.25, 0.3) is 0 Å². The summed E-state index contributed by atoms with van der Waals surface area (Å²) in [5.74, 6) is 0.320. The van der Waals surface area contributed by atoms with Crippen molar-refractivity contribution in [3.8, 4) is 23.0 Å². The molecule has 36 heavy (non-hydrogen) atoms. The van der Waals surface area contributed by atoms with Gasteiger partial charge in [-0.15, -0.1) is 0 Å². The highest BCUT2D eigenvalue weighted by atomic mass is 16.6. The fourth-order valence-electron chi connectivity index (χ4n) is 4.74. The van der Waals surface area contributed by atoms with E-state index < -0.39 is 17.5 Å². The Labute approximate surface area is 213 Å². The topological polar surface area (TPSA) is 91.3 Å². The minimum atomic E-state index is -0.819. The van der Waals surface area contributed by atoms with Gasteiger partial charge in [-0.05, 0) is 68.4 Å². The number of hydrogen-bond donors (Lipinski definition) is 1. The quantitative estimate of drug-likeness (QED) is 0.305. The van der Waals surface area contributed by atoms with E-state index >= 15 is 0 Å². The summed E-state index contributed by atoms with van der Waals surface area (Å²) in [6, 6.07) is 6.90. The smallest absolute Gasteiger partial charge is 0.346 e. The van der Waals surface area contributed by atoms with E-state index in [1.54, 1.807) is 18.2 Å². The number of carbonyl (C=O) groups is 2. The molecular formula is C29H38O7. The molecule has 1 heterocycles. The van der Waals surface area contributed by atoms with E-state index in [4.69, 9.17) is 18.9 Å². The number of benzene rings is 2. The largest absolute Gasteiger partial charge is 0.495 e. The molecule has 1 atom stereocenters. The van der Waals surface area contributed by atoms with Crippen molar-refractivity contribution in [2.75, 3.05) is 7.11 Å². The summed E-state index contributed by atoms with van der Waals surface area (Å²) in [4.78, 5) is 26.4. The van der Waals surface area contributed by atoms with Crippen molar-refractivity contribution in [3.05, 3.63) is 46.5 Å². The summed E-state index contributed by atoms with van der Waals surface area (Å²) in [6.45, 7) is 11.8. The van der Waals surface area contributed by atoms with Gasteiger partial charge in [0.05, 0.1) is 18.6 Å². The number of rotatable bonds is 9. The highest BCUT2D eigenvalue weighted by molar-refractivity contribution is 5.97. The maximum atomic E-state index is 13.3. The van der Waals surface area contributed by atoms with Crippen LogP contribution in [0, 0.1) is 18.3 Å². The first-order valence-corrected chi connectivity index (χ1v) is 12.7. The van der Waals surface area contributed by atoms with E-state index in [0.717, 1.165) is 5.56 Å². The van der Waals surface area contributed by atoms with E-state index in [2.05, 4.69) is 0 Å². The molecule has 0 spiro atoms. The number of carbonyl (C=O) groups excluding carboxylic acids is 2. The van der Waals surface area contributed by atoms with Crippen LogP contribution >= 0.6 is 0 Å². The average Bonchev–Trinajstić information content (AvgIpc) is 2.83. The van der Waals surface area contributed by atoms with Crippen LogP contribution in [0.5, 0.6) is 23.0 Å². The number of esters is 2. The number of methoxy groups -OCH3 is 1. The van der Waals surface area contributed by atoms with Gasteiger partial charge in [-0.25, -0.2) is 4.79 Å². The number of fused-ring (bicyclic) bond motifs is 2. The molecule has 0 aliphatic carbocycles. The van der Waals surface area contributed by atoms with Gasteiger partial charge in [0, 0.05) is 11.1 Å². The lowest BCUT2D eigenvalue weighted by Crippen LogP contribution is -2.33. The Balaban J connectivity index is 2.11. The summed E-state index contributed by atoms with van der Waals surface area (Å²) in [5, 5.41) is 10.8. The Bertz CT molecular complexity index is 1110. The Morgan fingerprint density at radius 3 is 2.39 bits per heavy atom. The Morgan fingerprint density at radius 2 is 1.81 bits per heavy atom. The summed E-state index contributed by atoms with van der Waals surface area (Å²) < 4.78 is 23.4. The molecule has 0 radical (unpaired) electrons. The van der Waals surface area contributed by atoms with Crippen LogP contribution in [0.15, 0.2) is 24.3 Å². The summed E-state index contributed by atoms with van der Waals surface area (Å²) in [7, 11) is 1.44. The second-order valence-electron chi connectivity index (χ2n) is 9.87. The Kier molecular flexibility index (Phi) is 8.67. The highest BCUT2D eigenvalue weighted by Gasteiger charge is 2.36. The second kappa shape index (κ2) is 11.3. The monoisotopic (exact) mass is 498 g/mol. The lowest BCUT2D eigenvalue weighted by molar-refractivity contribution is -0.146. The first-order chi connectivity index (χ1) is 17.1. The maximum Gasteiger partial charge on any atom is 0.346 e. The zero-order chi connectivity index (χ0) is 26.6. The molecule has 0 aromatic heterocycles. The number of aliphatic hydroxyl groups is 1. The lowest BCUT2D eigenvalue weighted by atomic mass is 9.80. The second-order valence-corrected chi connectivity index (χ2v) is 9.87. The number of cyclic esters (lactones) is 1. The molecule has 0 unspecified atom stereocenters. The predicted octanol–water partition coefficient (Wildman–Crippen LogP) is 6.67. The van der Waals surface area contributed by atoms with Crippen LogP contribution in [0.3, 0.4) is 0 Å². The summed E-state index contributed by atoms with van der Waals surface area (Å²) in [6.07, 6.45) is 1.66. The number of hydrogen-bond acceptors (Lipinski definition) is 7. The van der Waals surface area contributed by atoms with Crippen molar-refractivity contribution in [2.24, 2.45) is 11.3 Å². The van der Waals surface area contributed by atoms with Gasteiger partial charge in [0.1, 0.15) is 23.7 Å². The Hall–Kier alpha value is -3.06. The van der Waals surface area contributed by atoms with Crippen molar-refractivity contribution < 1.29 is 33.6 Å². The van der Waals surface area contributed by atoms with E-state index in [0.29, 0.717) is 42.6 Å². The van der Waals surface area contributed by atoms with Crippen LogP contribution in [0.2, 0.25) is 0 Å². The fourth-order valence-corrected chi connectivity index (χ4v) is 4.74. The first-order valence-electron chi connectivity index (χ1n) is 12.7. The number of aliphatic hydroxyl groups excluding tert-OH is 1. The zero-order valence-corrected chi connectivity index (χ0v) is 22.4. The van der Waals surface area contributed by atoms with Gasteiger partial charge >= 0.3 is 11.9 Å². The maximum absolute atomic E-state index is 13.3. The molecule has 196 valence electrons. The van der Waals surface area contributed by atoms with Gasteiger partial charge in [0.25, 0.3) is 0 Å². The van der Waals surface area contributed by atoms with Crippen molar-refractivity contribution in [1.29, 1.82) is 0 Å². The van der Waals surface area contributed by atoms with Crippen molar-refractivity contribution >= 4 is 11.9 Å². The number of ether oxygens (including phenoxy) is 4. The van der Waals surface area contributed by atoms with Gasteiger partial charge in [-0.1, -0.05) is 34.6 Å². The van der Waals surface area contributed by atoms with E-state index in [1.165, 1.54) is 7.11 Å².